The first-order chi connectivity index (χ1) is 13.5. The van der Waals surface area contributed by atoms with Gasteiger partial charge in [0.1, 0.15) is 0 Å². The molecule has 1 aromatic heterocycles. The lowest BCUT2D eigenvalue weighted by atomic mass is 10.1. The van der Waals surface area contributed by atoms with Crippen molar-refractivity contribution in [3.05, 3.63) is 61.8 Å². The zero-order valence-electron chi connectivity index (χ0n) is 15.5. The second-order valence-electron chi connectivity index (χ2n) is 7.29. The highest BCUT2D eigenvalue weighted by Crippen LogP contribution is 2.50. The molecule has 1 saturated carbocycles. The van der Waals surface area contributed by atoms with Crippen LogP contribution in [0, 0.1) is 23.0 Å². The molecule has 7 nitrogen and oxygen atoms in total. The third-order valence-corrected chi connectivity index (χ3v) is 6.63. The van der Waals surface area contributed by atoms with Gasteiger partial charge in [-0.1, -0.05) is 12.1 Å². The van der Waals surface area contributed by atoms with Gasteiger partial charge in [-0.15, -0.1) is 11.3 Å². The highest BCUT2D eigenvalue weighted by Gasteiger charge is 2.46. The van der Waals surface area contributed by atoms with Gasteiger partial charge in [0.2, 0.25) is 5.91 Å². The molecule has 1 aliphatic heterocycles. The molecule has 0 radical (unpaired) electrons. The third-order valence-electron chi connectivity index (χ3n) is 5.63. The van der Waals surface area contributed by atoms with Gasteiger partial charge in [0.25, 0.3) is 11.6 Å². The summed E-state index contributed by atoms with van der Waals surface area (Å²) < 4.78 is 0. The van der Waals surface area contributed by atoms with Gasteiger partial charge in [0, 0.05) is 60.1 Å². The average Bonchev–Trinajstić information content (AvgIpc) is 3.31. The highest BCUT2D eigenvalue weighted by atomic mass is 32.1. The number of nitro benzene ring substituents is 1. The first-order valence-electron chi connectivity index (χ1n) is 9.33. The molecule has 146 valence electrons. The maximum atomic E-state index is 12.8. The molecule has 2 aliphatic rings. The Balaban J connectivity index is 1.37. The van der Waals surface area contributed by atoms with Gasteiger partial charge in [0.15, 0.2) is 0 Å². The predicted octanol–water partition coefficient (Wildman–Crippen LogP) is 3.05. The van der Waals surface area contributed by atoms with Crippen LogP contribution in [0.3, 0.4) is 0 Å². The van der Waals surface area contributed by atoms with Crippen LogP contribution in [0.2, 0.25) is 0 Å². The number of hydrogen-bond donors (Lipinski definition) is 0. The summed E-state index contributed by atoms with van der Waals surface area (Å²) in [5.41, 5.74) is 0.690. The van der Waals surface area contributed by atoms with Crippen LogP contribution < -0.4 is 0 Å². The molecular weight excluding hydrogens is 378 g/mol. The predicted molar refractivity (Wildman–Crippen MR) is 105 cm³/mol. The lowest BCUT2D eigenvalue weighted by Gasteiger charge is -2.35. The number of hydrogen-bond acceptors (Lipinski definition) is 5. The van der Waals surface area contributed by atoms with E-state index < -0.39 is 4.92 Å². The Labute approximate surface area is 166 Å². The minimum atomic E-state index is -0.470. The third kappa shape index (κ3) is 3.40. The molecule has 4 rings (SSSR count). The maximum absolute atomic E-state index is 12.8. The first-order valence-corrected chi connectivity index (χ1v) is 10.2. The monoisotopic (exact) mass is 399 g/mol. The van der Waals surface area contributed by atoms with Gasteiger partial charge in [-0.25, -0.2) is 0 Å². The molecule has 2 unspecified atom stereocenters. The van der Waals surface area contributed by atoms with Crippen molar-refractivity contribution in [2.24, 2.45) is 5.92 Å². The summed E-state index contributed by atoms with van der Waals surface area (Å²) in [4.78, 5) is 41.0. The fourth-order valence-corrected chi connectivity index (χ4v) is 4.78. The van der Waals surface area contributed by atoms with Crippen LogP contribution in [-0.4, -0.2) is 52.7 Å². The lowest BCUT2D eigenvalue weighted by molar-refractivity contribution is -0.385. The number of thiophene rings is 1. The molecule has 2 fully saturated rings. The minimum Gasteiger partial charge on any atom is -0.339 e. The van der Waals surface area contributed by atoms with Crippen LogP contribution in [-0.2, 0) is 4.79 Å². The largest absolute Gasteiger partial charge is 0.339 e. The van der Waals surface area contributed by atoms with Crippen LogP contribution in [0.1, 0.15) is 33.1 Å². The number of carbonyl (C=O) groups excluding carboxylic acids is 2. The highest BCUT2D eigenvalue weighted by molar-refractivity contribution is 7.10. The molecule has 28 heavy (non-hydrogen) atoms. The van der Waals surface area contributed by atoms with E-state index in [0.717, 1.165) is 6.42 Å². The van der Waals surface area contributed by atoms with Crippen molar-refractivity contribution in [3.63, 3.8) is 0 Å². The van der Waals surface area contributed by atoms with Crippen LogP contribution in [0.5, 0.6) is 0 Å². The molecule has 1 aliphatic carbocycles. The zero-order valence-corrected chi connectivity index (χ0v) is 16.4. The smallest absolute Gasteiger partial charge is 0.273 e. The van der Waals surface area contributed by atoms with E-state index >= 15 is 0 Å². The van der Waals surface area contributed by atoms with Crippen LogP contribution in [0.15, 0.2) is 35.7 Å². The number of nitrogens with zero attached hydrogens (tertiary/aromatic N) is 3. The van der Waals surface area contributed by atoms with Crippen molar-refractivity contribution < 1.29 is 14.5 Å². The summed E-state index contributed by atoms with van der Waals surface area (Å²) in [5, 5.41) is 13.1. The standard InChI is InChI=1S/C20H21N3O4S/c1-13-14(4-2-5-17(13)23(26)27)19(24)21-7-9-22(10-8-21)20(25)16-12-15(16)18-6-3-11-28-18/h2-6,11,15-16H,7-10,12H2,1H3. The number of benzene rings is 1. The average molecular weight is 399 g/mol. The van der Waals surface area contributed by atoms with E-state index in [1.54, 1.807) is 29.2 Å². The Morgan fingerprint density at radius 1 is 1.11 bits per heavy atom. The second kappa shape index (κ2) is 7.35. The van der Waals surface area contributed by atoms with E-state index in [4.69, 9.17) is 0 Å². The minimum absolute atomic E-state index is 0.0481. The van der Waals surface area contributed by atoms with Gasteiger partial charge in [-0.05, 0) is 30.9 Å². The Hall–Kier alpha value is -2.74. The Morgan fingerprint density at radius 3 is 2.46 bits per heavy atom. The van der Waals surface area contributed by atoms with E-state index in [9.17, 15) is 19.7 Å². The molecule has 0 spiro atoms. The maximum Gasteiger partial charge on any atom is 0.273 e. The molecule has 2 atom stereocenters. The molecule has 2 aromatic rings. The van der Waals surface area contributed by atoms with Gasteiger partial charge >= 0.3 is 0 Å². The first kappa shape index (κ1) is 18.6. The number of amides is 2. The molecule has 8 heteroatoms. The van der Waals surface area contributed by atoms with Gasteiger partial charge in [-0.3, -0.25) is 19.7 Å². The topological polar surface area (TPSA) is 83.8 Å². The Bertz CT molecular complexity index is 920. The van der Waals surface area contributed by atoms with Crippen molar-refractivity contribution in [1.29, 1.82) is 0 Å². The SMILES string of the molecule is Cc1c(C(=O)N2CCN(C(=O)C3CC3c3cccs3)CC2)cccc1[N+](=O)[O-]. The fraction of sp³-hybridized carbons (Fsp3) is 0.400. The van der Waals surface area contributed by atoms with Gasteiger partial charge in [-0.2, -0.15) is 0 Å². The number of rotatable bonds is 4. The van der Waals surface area contributed by atoms with Crippen molar-refractivity contribution >= 4 is 28.8 Å². The van der Waals surface area contributed by atoms with E-state index in [-0.39, 0.29) is 23.4 Å². The molecule has 2 amide bonds. The van der Waals surface area contributed by atoms with E-state index in [1.807, 2.05) is 16.3 Å². The fourth-order valence-electron chi connectivity index (χ4n) is 3.87. The Morgan fingerprint density at radius 2 is 1.82 bits per heavy atom. The summed E-state index contributed by atoms with van der Waals surface area (Å²) in [6, 6.07) is 8.66. The summed E-state index contributed by atoms with van der Waals surface area (Å²) >= 11 is 1.70. The molecule has 2 heterocycles. The van der Waals surface area contributed by atoms with Gasteiger partial charge < -0.3 is 9.80 Å². The zero-order chi connectivity index (χ0) is 19.8. The lowest BCUT2D eigenvalue weighted by Crippen LogP contribution is -2.51. The quantitative estimate of drug-likeness (QED) is 0.584. The number of piperazine rings is 1. The molecule has 1 saturated heterocycles. The van der Waals surface area contributed by atoms with E-state index in [2.05, 4.69) is 6.07 Å². The van der Waals surface area contributed by atoms with Crippen molar-refractivity contribution in [1.82, 2.24) is 9.80 Å². The molecule has 1 aromatic carbocycles. The summed E-state index contributed by atoms with van der Waals surface area (Å²) in [6.07, 6.45) is 0.908. The molecule has 0 bridgehead atoms. The number of carbonyl (C=O) groups is 2. The van der Waals surface area contributed by atoms with E-state index in [1.165, 1.54) is 17.0 Å². The normalized spacial score (nSPS) is 21.5. The van der Waals surface area contributed by atoms with Crippen molar-refractivity contribution in [2.45, 2.75) is 19.3 Å². The number of nitro groups is 1. The molecule has 0 N–H and O–H groups in total. The summed E-state index contributed by atoms with van der Waals surface area (Å²) in [5.74, 6) is 0.382. The van der Waals surface area contributed by atoms with Crippen LogP contribution in [0.25, 0.3) is 0 Å². The summed E-state index contributed by atoms with van der Waals surface area (Å²) in [6.45, 7) is 3.51. The second-order valence-corrected chi connectivity index (χ2v) is 8.27. The van der Waals surface area contributed by atoms with Crippen molar-refractivity contribution in [2.75, 3.05) is 26.2 Å². The van der Waals surface area contributed by atoms with Crippen LogP contribution >= 0.6 is 11.3 Å². The van der Waals surface area contributed by atoms with Crippen LogP contribution in [0.4, 0.5) is 5.69 Å². The molecular formula is C20H21N3O4S. The van der Waals surface area contributed by atoms with Crippen molar-refractivity contribution in [3.8, 4) is 0 Å². The van der Waals surface area contributed by atoms with E-state index in [0.29, 0.717) is 43.2 Å². The Kier molecular flexibility index (Phi) is 4.89. The summed E-state index contributed by atoms with van der Waals surface area (Å²) in [7, 11) is 0. The van der Waals surface area contributed by atoms with Gasteiger partial charge in [0.05, 0.1) is 4.92 Å².